The van der Waals surface area contributed by atoms with E-state index in [2.05, 4.69) is 5.32 Å². The highest BCUT2D eigenvalue weighted by molar-refractivity contribution is 7.92. The second-order valence-corrected chi connectivity index (χ2v) is 9.84. The molecule has 4 rings (SSSR count). The van der Waals surface area contributed by atoms with Crippen LogP contribution >= 0.6 is 0 Å². The third-order valence-electron chi connectivity index (χ3n) is 5.54. The lowest BCUT2D eigenvalue weighted by Crippen LogP contribution is -2.47. The largest absolute Gasteiger partial charge is 0.449 e. The lowest BCUT2D eigenvalue weighted by atomic mass is 10.1. The average molecular weight is 494 g/mol. The standard InChI is InChI=1S/C25H23N3O6S/c1-17(24(30)28-16-23(29)26-21-10-6-7-11-22(21)28)34-25(31)18-12-14-20(15-13-18)35(32,33)27(2)19-8-4-3-5-9-19/h3-15,17H,16H2,1-2H3,(H,26,29)/t17-/m0/s1. The molecule has 0 saturated carbocycles. The predicted octanol–water partition coefficient (Wildman–Crippen LogP) is 3.04. The first-order chi connectivity index (χ1) is 16.7. The quantitative estimate of drug-likeness (QED) is 0.528. The average Bonchev–Trinajstić information content (AvgIpc) is 2.87. The van der Waals surface area contributed by atoms with E-state index in [1.54, 1.807) is 54.6 Å². The van der Waals surface area contributed by atoms with E-state index in [0.717, 1.165) is 4.31 Å². The summed E-state index contributed by atoms with van der Waals surface area (Å²) >= 11 is 0. The smallest absolute Gasteiger partial charge is 0.338 e. The molecule has 1 heterocycles. The summed E-state index contributed by atoms with van der Waals surface area (Å²) in [6.07, 6.45) is -1.17. The third-order valence-corrected chi connectivity index (χ3v) is 7.34. The van der Waals surface area contributed by atoms with E-state index in [0.29, 0.717) is 17.1 Å². The number of ether oxygens (including phenoxy) is 1. The van der Waals surface area contributed by atoms with Gasteiger partial charge in [-0.3, -0.25) is 18.8 Å². The monoisotopic (exact) mass is 493 g/mol. The van der Waals surface area contributed by atoms with E-state index in [1.807, 2.05) is 0 Å². The number of benzene rings is 3. The Hall–Kier alpha value is -4.18. The molecule has 35 heavy (non-hydrogen) atoms. The van der Waals surface area contributed by atoms with Gasteiger partial charge in [0.1, 0.15) is 6.54 Å². The SMILES string of the molecule is C[C@H](OC(=O)c1ccc(S(=O)(=O)N(C)c2ccccc2)cc1)C(=O)N1CC(=O)Nc2ccccc21. The summed E-state index contributed by atoms with van der Waals surface area (Å²) < 4.78 is 32.3. The number of amides is 2. The van der Waals surface area contributed by atoms with E-state index < -0.39 is 28.0 Å². The number of hydrogen-bond donors (Lipinski definition) is 1. The van der Waals surface area contributed by atoms with E-state index in [1.165, 1.54) is 43.1 Å². The van der Waals surface area contributed by atoms with Crippen molar-refractivity contribution in [3.05, 3.63) is 84.4 Å². The van der Waals surface area contributed by atoms with Crippen molar-refractivity contribution < 1.29 is 27.5 Å². The summed E-state index contributed by atoms with van der Waals surface area (Å²) in [6.45, 7) is 1.22. The lowest BCUT2D eigenvalue weighted by Gasteiger charge is -2.30. The first kappa shape index (κ1) is 24.0. The number of esters is 1. The first-order valence-electron chi connectivity index (χ1n) is 10.7. The van der Waals surface area contributed by atoms with Crippen LogP contribution in [0.15, 0.2) is 83.8 Å². The van der Waals surface area contributed by atoms with Gasteiger partial charge in [0.15, 0.2) is 6.10 Å². The molecular weight excluding hydrogens is 470 g/mol. The molecule has 0 aliphatic carbocycles. The number of hydrogen-bond acceptors (Lipinski definition) is 6. The van der Waals surface area contributed by atoms with Crippen LogP contribution < -0.4 is 14.5 Å². The Labute approximate surface area is 203 Å². The maximum Gasteiger partial charge on any atom is 0.338 e. The van der Waals surface area contributed by atoms with Gasteiger partial charge in [-0.05, 0) is 55.5 Å². The molecule has 1 aliphatic heterocycles. The van der Waals surface area contributed by atoms with Crippen molar-refractivity contribution in [3.8, 4) is 0 Å². The third kappa shape index (κ3) is 4.87. The molecule has 180 valence electrons. The van der Waals surface area contributed by atoms with Crippen molar-refractivity contribution in [3.63, 3.8) is 0 Å². The van der Waals surface area contributed by atoms with Gasteiger partial charge in [-0.1, -0.05) is 30.3 Å². The zero-order valence-electron chi connectivity index (χ0n) is 19.0. The minimum absolute atomic E-state index is 0.000430. The van der Waals surface area contributed by atoms with Crippen LogP contribution in [-0.4, -0.2) is 45.9 Å². The highest BCUT2D eigenvalue weighted by Crippen LogP contribution is 2.29. The normalized spacial score (nSPS) is 13.9. The number of fused-ring (bicyclic) bond motifs is 1. The zero-order valence-corrected chi connectivity index (χ0v) is 19.9. The summed E-state index contributed by atoms with van der Waals surface area (Å²) in [7, 11) is -2.39. The number of nitrogens with zero attached hydrogens (tertiary/aromatic N) is 2. The molecule has 1 N–H and O–H groups in total. The van der Waals surface area contributed by atoms with Gasteiger partial charge in [-0.2, -0.15) is 0 Å². The molecule has 0 aromatic heterocycles. The molecule has 2 amide bonds. The number of nitrogens with one attached hydrogen (secondary N) is 1. The van der Waals surface area contributed by atoms with Crippen LogP contribution in [0.3, 0.4) is 0 Å². The zero-order chi connectivity index (χ0) is 25.2. The van der Waals surface area contributed by atoms with Crippen LogP contribution in [-0.2, 0) is 24.3 Å². The Balaban J connectivity index is 1.46. The van der Waals surface area contributed by atoms with Crippen LogP contribution in [0.5, 0.6) is 0 Å². The Morgan fingerprint density at radius 2 is 1.60 bits per heavy atom. The van der Waals surface area contributed by atoms with E-state index >= 15 is 0 Å². The maximum atomic E-state index is 13.0. The fourth-order valence-corrected chi connectivity index (χ4v) is 4.82. The maximum absolute atomic E-state index is 13.0. The molecule has 9 nitrogen and oxygen atoms in total. The highest BCUT2D eigenvalue weighted by atomic mass is 32.2. The molecule has 0 saturated heterocycles. The predicted molar refractivity (Wildman–Crippen MR) is 131 cm³/mol. The molecule has 1 aliphatic rings. The van der Waals surface area contributed by atoms with Crippen molar-refractivity contribution in [1.82, 2.24) is 0 Å². The minimum Gasteiger partial charge on any atom is -0.449 e. The summed E-state index contributed by atoms with van der Waals surface area (Å²) in [5.74, 6) is -1.70. The summed E-state index contributed by atoms with van der Waals surface area (Å²) in [4.78, 5) is 38.8. The number of rotatable bonds is 6. The van der Waals surface area contributed by atoms with Crippen molar-refractivity contribution in [2.24, 2.45) is 0 Å². The van der Waals surface area contributed by atoms with Gasteiger partial charge in [0.2, 0.25) is 5.91 Å². The van der Waals surface area contributed by atoms with Gasteiger partial charge in [-0.25, -0.2) is 13.2 Å². The van der Waals surface area contributed by atoms with Crippen molar-refractivity contribution in [1.29, 1.82) is 0 Å². The molecule has 1 atom stereocenters. The molecule has 0 fully saturated rings. The first-order valence-corrected chi connectivity index (χ1v) is 12.2. The fourth-order valence-electron chi connectivity index (χ4n) is 3.63. The minimum atomic E-state index is -3.84. The lowest BCUT2D eigenvalue weighted by molar-refractivity contribution is -0.128. The van der Waals surface area contributed by atoms with Crippen molar-refractivity contribution in [2.75, 3.05) is 28.1 Å². The second kappa shape index (κ2) is 9.59. The Morgan fingerprint density at radius 3 is 2.29 bits per heavy atom. The molecule has 0 radical (unpaired) electrons. The molecule has 3 aromatic carbocycles. The fraction of sp³-hybridized carbons (Fsp3) is 0.160. The summed E-state index contributed by atoms with van der Waals surface area (Å²) in [5.41, 5.74) is 1.59. The Morgan fingerprint density at radius 1 is 0.971 bits per heavy atom. The van der Waals surface area contributed by atoms with E-state index in [-0.39, 0.29) is 22.9 Å². The molecule has 10 heteroatoms. The molecule has 0 bridgehead atoms. The molecule has 0 spiro atoms. The van der Waals surface area contributed by atoms with Crippen LogP contribution in [0, 0.1) is 0 Å². The number of carbonyl (C=O) groups is 3. The van der Waals surface area contributed by atoms with E-state index in [9.17, 15) is 22.8 Å². The Kier molecular flexibility index (Phi) is 6.57. The van der Waals surface area contributed by atoms with Gasteiger partial charge in [0.05, 0.1) is 27.5 Å². The number of anilines is 3. The van der Waals surface area contributed by atoms with Gasteiger partial charge >= 0.3 is 5.97 Å². The van der Waals surface area contributed by atoms with Crippen LogP contribution in [0.2, 0.25) is 0 Å². The molecule has 3 aromatic rings. The molecular formula is C25H23N3O6S. The van der Waals surface area contributed by atoms with Gasteiger partial charge in [-0.15, -0.1) is 0 Å². The van der Waals surface area contributed by atoms with Crippen LogP contribution in [0.25, 0.3) is 0 Å². The summed E-state index contributed by atoms with van der Waals surface area (Å²) in [5, 5.41) is 2.69. The highest BCUT2D eigenvalue weighted by Gasteiger charge is 2.31. The number of sulfonamides is 1. The molecule has 0 unspecified atom stereocenters. The van der Waals surface area contributed by atoms with Gasteiger partial charge in [0, 0.05) is 7.05 Å². The van der Waals surface area contributed by atoms with Crippen LogP contribution in [0.4, 0.5) is 17.1 Å². The van der Waals surface area contributed by atoms with Gasteiger partial charge < -0.3 is 10.1 Å². The van der Waals surface area contributed by atoms with Crippen molar-refractivity contribution >= 4 is 44.9 Å². The van der Waals surface area contributed by atoms with Crippen LogP contribution in [0.1, 0.15) is 17.3 Å². The topological polar surface area (TPSA) is 113 Å². The van der Waals surface area contributed by atoms with Gasteiger partial charge in [0.25, 0.3) is 15.9 Å². The second-order valence-electron chi connectivity index (χ2n) is 7.87. The summed E-state index contributed by atoms with van der Waals surface area (Å²) in [6, 6.07) is 20.7. The Bertz CT molecular complexity index is 1370. The van der Waals surface area contributed by atoms with E-state index in [4.69, 9.17) is 4.74 Å². The van der Waals surface area contributed by atoms with Crippen molar-refractivity contribution in [2.45, 2.75) is 17.9 Å². The number of para-hydroxylation sites is 3. The number of carbonyl (C=O) groups excluding carboxylic acids is 3.